The van der Waals surface area contributed by atoms with Gasteiger partial charge in [0.2, 0.25) is 0 Å². The Bertz CT molecular complexity index is 205. The third-order valence-corrected chi connectivity index (χ3v) is 3.05. The third-order valence-electron chi connectivity index (χ3n) is 3.05. The van der Waals surface area contributed by atoms with Gasteiger partial charge in [-0.2, -0.15) is 0 Å². The molecule has 2 heterocycles. The molecule has 0 aromatic rings. The lowest BCUT2D eigenvalue weighted by atomic mass is 10.2. The summed E-state index contributed by atoms with van der Waals surface area (Å²) in [5, 5.41) is 0. The molecule has 3 nitrogen and oxygen atoms in total. The molecule has 0 spiro atoms. The predicted octanol–water partition coefficient (Wildman–Crippen LogP) is 1.22. The van der Waals surface area contributed by atoms with Gasteiger partial charge in [0.25, 0.3) is 0 Å². The second kappa shape index (κ2) is 4.41. The minimum atomic E-state index is 0.383. The first-order valence-corrected chi connectivity index (χ1v) is 5.67. The van der Waals surface area contributed by atoms with E-state index in [1.165, 1.54) is 12.8 Å². The van der Waals surface area contributed by atoms with E-state index < -0.39 is 0 Å². The van der Waals surface area contributed by atoms with Gasteiger partial charge in [0.1, 0.15) is 5.78 Å². The molecule has 0 radical (unpaired) electrons. The van der Waals surface area contributed by atoms with Gasteiger partial charge in [0, 0.05) is 19.5 Å². The summed E-state index contributed by atoms with van der Waals surface area (Å²) in [6, 6.07) is 0. The normalized spacial score (nSPS) is 32.1. The molecule has 2 aliphatic heterocycles. The van der Waals surface area contributed by atoms with E-state index in [0.29, 0.717) is 24.5 Å². The number of rotatable bonds is 4. The maximum atomic E-state index is 11.5. The smallest absolute Gasteiger partial charge is 0.146 e. The van der Waals surface area contributed by atoms with Gasteiger partial charge in [0.05, 0.1) is 18.8 Å². The van der Waals surface area contributed by atoms with Crippen LogP contribution < -0.4 is 0 Å². The summed E-state index contributed by atoms with van der Waals surface area (Å²) in [4.78, 5) is 13.7. The number of Topliss-reactive ketones (excluding diaryl/α,β-unsaturated/α-hetero) is 1. The fourth-order valence-electron chi connectivity index (χ4n) is 2.44. The number of likely N-dealkylation sites (tertiary alicyclic amines) is 1. The molecule has 2 fully saturated rings. The fourth-order valence-corrected chi connectivity index (χ4v) is 2.44. The zero-order valence-electron chi connectivity index (χ0n) is 8.87. The van der Waals surface area contributed by atoms with Crippen molar-refractivity contribution in [1.82, 2.24) is 4.90 Å². The van der Waals surface area contributed by atoms with E-state index in [1.807, 2.05) is 0 Å². The van der Waals surface area contributed by atoms with Crippen LogP contribution in [0.3, 0.4) is 0 Å². The lowest BCUT2D eigenvalue weighted by Crippen LogP contribution is -2.44. The molecular formula is C11H19NO2. The number of carbonyl (C=O) groups excluding carboxylic acids is 1. The molecular weight excluding hydrogens is 178 g/mol. The molecule has 2 bridgehead atoms. The van der Waals surface area contributed by atoms with Crippen molar-refractivity contribution in [3.63, 3.8) is 0 Å². The van der Waals surface area contributed by atoms with Gasteiger partial charge in [-0.15, -0.1) is 0 Å². The number of morpholine rings is 1. The number of hydrogen-bond acceptors (Lipinski definition) is 3. The van der Waals surface area contributed by atoms with E-state index in [2.05, 4.69) is 11.8 Å². The Morgan fingerprint density at radius 1 is 1.36 bits per heavy atom. The summed E-state index contributed by atoms with van der Waals surface area (Å²) in [6.07, 6.45) is 4.88. The standard InChI is InChI=1S/C11H19NO2/c1-2-3-9(13)6-12-7-10-4-5-11(8-12)14-10/h10-11H,2-8H2,1H3. The van der Waals surface area contributed by atoms with Gasteiger partial charge >= 0.3 is 0 Å². The zero-order valence-corrected chi connectivity index (χ0v) is 8.87. The zero-order chi connectivity index (χ0) is 9.97. The number of nitrogens with zero attached hydrogens (tertiary/aromatic N) is 1. The lowest BCUT2D eigenvalue weighted by Gasteiger charge is -2.31. The topological polar surface area (TPSA) is 29.5 Å². The largest absolute Gasteiger partial charge is 0.372 e. The summed E-state index contributed by atoms with van der Waals surface area (Å²) in [7, 11) is 0. The molecule has 14 heavy (non-hydrogen) atoms. The molecule has 0 N–H and O–H groups in total. The first kappa shape index (κ1) is 10.1. The van der Waals surface area contributed by atoms with Crippen LogP contribution in [0.2, 0.25) is 0 Å². The molecule has 0 aromatic carbocycles. The number of hydrogen-bond donors (Lipinski definition) is 0. The highest BCUT2D eigenvalue weighted by molar-refractivity contribution is 5.80. The third kappa shape index (κ3) is 2.34. The molecule has 0 aliphatic carbocycles. The lowest BCUT2D eigenvalue weighted by molar-refractivity contribution is -0.122. The highest BCUT2D eigenvalue weighted by atomic mass is 16.5. The van der Waals surface area contributed by atoms with Crippen molar-refractivity contribution in [3.8, 4) is 0 Å². The van der Waals surface area contributed by atoms with Crippen LogP contribution in [-0.4, -0.2) is 42.5 Å². The Labute approximate surface area is 85.4 Å². The second-order valence-corrected chi connectivity index (χ2v) is 4.44. The maximum Gasteiger partial charge on any atom is 0.146 e. The van der Waals surface area contributed by atoms with Crippen molar-refractivity contribution in [2.45, 2.75) is 44.8 Å². The molecule has 0 aromatic heterocycles. The van der Waals surface area contributed by atoms with Crippen LogP contribution in [0.4, 0.5) is 0 Å². The summed E-state index contributed by atoms with van der Waals surface area (Å²) in [5.74, 6) is 0.383. The van der Waals surface area contributed by atoms with Crippen molar-refractivity contribution in [2.75, 3.05) is 19.6 Å². The van der Waals surface area contributed by atoms with Gasteiger partial charge in [-0.05, 0) is 19.3 Å². The highest BCUT2D eigenvalue weighted by Crippen LogP contribution is 2.25. The first-order chi connectivity index (χ1) is 6.78. The van der Waals surface area contributed by atoms with Gasteiger partial charge in [-0.1, -0.05) is 6.92 Å². The number of carbonyl (C=O) groups is 1. The minimum absolute atomic E-state index is 0.383. The molecule has 2 atom stereocenters. The van der Waals surface area contributed by atoms with Crippen molar-refractivity contribution < 1.29 is 9.53 Å². The monoisotopic (exact) mass is 197 g/mol. The molecule has 80 valence electrons. The Morgan fingerprint density at radius 2 is 2.00 bits per heavy atom. The van der Waals surface area contributed by atoms with E-state index in [1.54, 1.807) is 0 Å². The number of ether oxygens (including phenoxy) is 1. The van der Waals surface area contributed by atoms with Crippen LogP contribution in [-0.2, 0) is 9.53 Å². The predicted molar refractivity (Wildman–Crippen MR) is 54.3 cm³/mol. The van der Waals surface area contributed by atoms with E-state index >= 15 is 0 Å². The second-order valence-electron chi connectivity index (χ2n) is 4.44. The van der Waals surface area contributed by atoms with Crippen LogP contribution in [0.15, 0.2) is 0 Å². The van der Waals surface area contributed by atoms with Crippen LogP contribution >= 0.6 is 0 Å². The summed E-state index contributed by atoms with van der Waals surface area (Å²) < 4.78 is 5.72. The highest BCUT2D eigenvalue weighted by Gasteiger charge is 2.33. The van der Waals surface area contributed by atoms with Gasteiger partial charge in [-0.3, -0.25) is 9.69 Å². The van der Waals surface area contributed by atoms with Crippen LogP contribution in [0.25, 0.3) is 0 Å². The Morgan fingerprint density at radius 3 is 2.57 bits per heavy atom. The minimum Gasteiger partial charge on any atom is -0.372 e. The van der Waals surface area contributed by atoms with Gasteiger partial charge in [-0.25, -0.2) is 0 Å². The van der Waals surface area contributed by atoms with Gasteiger partial charge in [0.15, 0.2) is 0 Å². The fraction of sp³-hybridized carbons (Fsp3) is 0.909. The molecule has 0 amide bonds. The Kier molecular flexibility index (Phi) is 3.19. The van der Waals surface area contributed by atoms with Crippen LogP contribution in [0, 0.1) is 0 Å². The average Bonchev–Trinajstić information content (AvgIpc) is 2.46. The summed E-state index contributed by atoms with van der Waals surface area (Å²) in [5.41, 5.74) is 0. The first-order valence-electron chi connectivity index (χ1n) is 5.67. The quantitative estimate of drug-likeness (QED) is 0.678. The van der Waals surface area contributed by atoms with Gasteiger partial charge < -0.3 is 4.74 Å². The molecule has 2 unspecified atom stereocenters. The van der Waals surface area contributed by atoms with E-state index in [4.69, 9.17) is 4.74 Å². The average molecular weight is 197 g/mol. The molecule has 2 rings (SSSR count). The van der Waals surface area contributed by atoms with E-state index in [-0.39, 0.29) is 0 Å². The molecule has 2 saturated heterocycles. The van der Waals surface area contributed by atoms with Crippen molar-refractivity contribution in [2.24, 2.45) is 0 Å². The Balaban J connectivity index is 1.79. The van der Waals surface area contributed by atoms with Crippen molar-refractivity contribution in [1.29, 1.82) is 0 Å². The van der Waals surface area contributed by atoms with Crippen LogP contribution in [0.1, 0.15) is 32.6 Å². The Hall–Kier alpha value is -0.410. The van der Waals surface area contributed by atoms with E-state index in [0.717, 1.165) is 25.9 Å². The summed E-state index contributed by atoms with van der Waals surface area (Å²) in [6.45, 7) is 4.63. The van der Waals surface area contributed by atoms with Crippen molar-refractivity contribution in [3.05, 3.63) is 0 Å². The number of ketones is 1. The van der Waals surface area contributed by atoms with E-state index in [9.17, 15) is 4.79 Å². The number of fused-ring (bicyclic) bond motifs is 2. The molecule has 0 saturated carbocycles. The maximum absolute atomic E-state index is 11.5. The summed E-state index contributed by atoms with van der Waals surface area (Å²) >= 11 is 0. The SMILES string of the molecule is CCCC(=O)CN1CC2CCC(C1)O2. The van der Waals surface area contributed by atoms with Crippen molar-refractivity contribution >= 4 is 5.78 Å². The molecule has 3 heteroatoms. The van der Waals surface area contributed by atoms with Crippen LogP contribution in [0.5, 0.6) is 0 Å². The molecule has 2 aliphatic rings.